The molecular formula is C10H9FN2O2. The number of halogens is 1. The van der Waals surface area contributed by atoms with Crippen LogP contribution in [-0.4, -0.2) is 9.55 Å². The molecule has 2 rings (SSSR count). The van der Waals surface area contributed by atoms with Gasteiger partial charge in [-0.1, -0.05) is 6.07 Å². The van der Waals surface area contributed by atoms with E-state index in [1.165, 1.54) is 18.2 Å². The zero-order valence-electron chi connectivity index (χ0n) is 8.08. The number of nitrogens with zero attached hydrogens (tertiary/aromatic N) is 1. The third-order valence-corrected chi connectivity index (χ3v) is 2.28. The molecule has 0 saturated carbocycles. The summed E-state index contributed by atoms with van der Waals surface area (Å²) < 4.78 is 14.3. The summed E-state index contributed by atoms with van der Waals surface area (Å²) in [6.45, 7) is 1.88. The number of hydrogen-bond donors (Lipinski definition) is 1. The van der Waals surface area contributed by atoms with Gasteiger partial charge in [0.2, 0.25) is 0 Å². The van der Waals surface area contributed by atoms with Gasteiger partial charge in [-0.2, -0.15) is 0 Å². The molecule has 1 N–H and O–H groups in total. The largest absolute Gasteiger partial charge is 0.328 e. The second kappa shape index (κ2) is 3.34. The third-order valence-electron chi connectivity index (χ3n) is 2.28. The SMILES string of the molecule is CCn1c(=O)[nH]c2cccc(F)c2c1=O. The predicted octanol–water partition coefficient (Wildman–Crippen LogP) is 0.849. The van der Waals surface area contributed by atoms with E-state index in [0.29, 0.717) is 0 Å². The van der Waals surface area contributed by atoms with Crippen LogP contribution in [0.25, 0.3) is 10.9 Å². The van der Waals surface area contributed by atoms with Gasteiger partial charge in [-0.05, 0) is 19.1 Å². The zero-order chi connectivity index (χ0) is 11.0. The van der Waals surface area contributed by atoms with Gasteiger partial charge in [-0.15, -0.1) is 0 Å². The molecule has 1 aromatic heterocycles. The van der Waals surface area contributed by atoms with Crippen LogP contribution < -0.4 is 11.2 Å². The Balaban J connectivity index is 3.06. The second-order valence-electron chi connectivity index (χ2n) is 3.14. The average molecular weight is 208 g/mol. The Bertz CT molecular complexity index is 627. The summed E-state index contributed by atoms with van der Waals surface area (Å²) in [5.41, 5.74) is -0.871. The van der Waals surface area contributed by atoms with E-state index in [9.17, 15) is 14.0 Å². The number of aromatic amines is 1. The van der Waals surface area contributed by atoms with Crippen LogP contribution >= 0.6 is 0 Å². The van der Waals surface area contributed by atoms with Gasteiger partial charge in [0.25, 0.3) is 5.56 Å². The standard InChI is InChI=1S/C10H9FN2O2/c1-2-13-9(14)8-6(11)4-3-5-7(8)12-10(13)15/h3-5H,2H2,1H3,(H,12,15). The molecule has 0 atom stereocenters. The van der Waals surface area contributed by atoms with Crippen molar-refractivity contribution in [1.82, 2.24) is 9.55 Å². The fourth-order valence-corrected chi connectivity index (χ4v) is 1.54. The van der Waals surface area contributed by atoms with E-state index in [1.54, 1.807) is 6.92 Å². The third kappa shape index (κ3) is 1.36. The molecule has 0 bridgehead atoms. The Labute approximate surface area is 84.0 Å². The minimum atomic E-state index is -0.615. The average Bonchev–Trinajstić information content (AvgIpc) is 2.17. The van der Waals surface area contributed by atoms with Crippen molar-refractivity contribution in [3.05, 3.63) is 44.9 Å². The van der Waals surface area contributed by atoms with E-state index in [-0.39, 0.29) is 17.4 Å². The van der Waals surface area contributed by atoms with E-state index in [2.05, 4.69) is 4.98 Å². The van der Waals surface area contributed by atoms with E-state index >= 15 is 0 Å². The molecule has 1 aromatic carbocycles. The maximum Gasteiger partial charge on any atom is 0.328 e. The lowest BCUT2D eigenvalue weighted by Crippen LogP contribution is -2.34. The van der Waals surface area contributed by atoms with Crippen molar-refractivity contribution in [2.75, 3.05) is 0 Å². The molecule has 2 aromatic rings. The van der Waals surface area contributed by atoms with Crippen molar-refractivity contribution in [1.29, 1.82) is 0 Å². The second-order valence-corrected chi connectivity index (χ2v) is 3.14. The summed E-state index contributed by atoms with van der Waals surface area (Å²) in [6, 6.07) is 4.15. The van der Waals surface area contributed by atoms with E-state index in [1.807, 2.05) is 0 Å². The van der Waals surface area contributed by atoms with Gasteiger partial charge >= 0.3 is 5.69 Å². The minimum Gasteiger partial charge on any atom is -0.307 e. The molecule has 0 radical (unpaired) electrons. The summed E-state index contributed by atoms with van der Waals surface area (Å²) in [7, 11) is 0. The molecule has 0 aliphatic carbocycles. The van der Waals surface area contributed by atoms with Gasteiger partial charge in [-0.25, -0.2) is 9.18 Å². The minimum absolute atomic E-state index is 0.0704. The van der Waals surface area contributed by atoms with Crippen molar-refractivity contribution in [2.24, 2.45) is 0 Å². The highest BCUT2D eigenvalue weighted by Crippen LogP contribution is 2.08. The Morgan fingerprint density at radius 1 is 1.40 bits per heavy atom. The summed E-state index contributed by atoms with van der Waals surface area (Å²) in [6.07, 6.45) is 0. The van der Waals surface area contributed by atoms with Crippen molar-refractivity contribution < 1.29 is 4.39 Å². The van der Waals surface area contributed by atoms with Crippen LogP contribution in [0.4, 0.5) is 4.39 Å². The molecule has 0 aliphatic rings. The fraction of sp³-hybridized carbons (Fsp3) is 0.200. The number of H-pyrrole nitrogens is 1. The molecular weight excluding hydrogens is 199 g/mol. The Kier molecular flexibility index (Phi) is 2.15. The smallest absolute Gasteiger partial charge is 0.307 e. The first kappa shape index (κ1) is 9.64. The topological polar surface area (TPSA) is 54.9 Å². The van der Waals surface area contributed by atoms with E-state index < -0.39 is 17.1 Å². The number of benzene rings is 1. The first-order valence-electron chi connectivity index (χ1n) is 4.56. The molecule has 5 heteroatoms. The molecule has 15 heavy (non-hydrogen) atoms. The van der Waals surface area contributed by atoms with Crippen LogP contribution in [0.1, 0.15) is 6.92 Å². The molecule has 0 fully saturated rings. The predicted molar refractivity (Wildman–Crippen MR) is 54.5 cm³/mol. The highest BCUT2D eigenvalue weighted by atomic mass is 19.1. The van der Waals surface area contributed by atoms with Crippen LogP contribution in [0.5, 0.6) is 0 Å². The monoisotopic (exact) mass is 208 g/mol. The molecule has 4 nitrogen and oxygen atoms in total. The summed E-state index contributed by atoms with van der Waals surface area (Å²) in [5.74, 6) is -0.615. The molecule has 0 saturated heterocycles. The summed E-state index contributed by atoms with van der Waals surface area (Å²) in [4.78, 5) is 25.5. The Morgan fingerprint density at radius 3 is 2.80 bits per heavy atom. The van der Waals surface area contributed by atoms with Crippen molar-refractivity contribution in [3.63, 3.8) is 0 Å². The Hall–Kier alpha value is -1.91. The maximum absolute atomic E-state index is 13.4. The summed E-state index contributed by atoms with van der Waals surface area (Å²) >= 11 is 0. The van der Waals surface area contributed by atoms with Crippen LogP contribution in [0, 0.1) is 5.82 Å². The van der Waals surface area contributed by atoms with Crippen LogP contribution in [0.2, 0.25) is 0 Å². The molecule has 0 spiro atoms. The number of aromatic nitrogens is 2. The molecule has 1 heterocycles. The molecule has 0 aliphatic heterocycles. The van der Waals surface area contributed by atoms with Crippen molar-refractivity contribution in [3.8, 4) is 0 Å². The maximum atomic E-state index is 13.4. The van der Waals surface area contributed by atoms with Crippen LogP contribution in [0.15, 0.2) is 27.8 Å². The normalized spacial score (nSPS) is 10.8. The van der Waals surface area contributed by atoms with E-state index in [0.717, 1.165) is 4.57 Å². The number of rotatable bonds is 1. The van der Waals surface area contributed by atoms with Crippen LogP contribution in [0.3, 0.4) is 0 Å². The lowest BCUT2D eigenvalue weighted by atomic mass is 10.2. The highest BCUT2D eigenvalue weighted by Gasteiger charge is 2.09. The van der Waals surface area contributed by atoms with Gasteiger partial charge in [0.05, 0.1) is 10.9 Å². The zero-order valence-corrected chi connectivity index (χ0v) is 8.08. The van der Waals surface area contributed by atoms with Gasteiger partial charge < -0.3 is 4.98 Å². The number of nitrogens with one attached hydrogen (secondary N) is 1. The molecule has 0 unspecified atom stereocenters. The lowest BCUT2D eigenvalue weighted by Gasteiger charge is -2.03. The fourth-order valence-electron chi connectivity index (χ4n) is 1.54. The first-order valence-corrected chi connectivity index (χ1v) is 4.56. The highest BCUT2D eigenvalue weighted by molar-refractivity contribution is 5.77. The van der Waals surface area contributed by atoms with Crippen LogP contribution in [-0.2, 0) is 6.54 Å². The Morgan fingerprint density at radius 2 is 2.13 bits per heavy atom. The van der Waals surface area contributed by atoms with E-state index in [4.69, 9.17) is 0 Å². The van der Waals surface area contributed by atoms with Gasteiger partial charge in [-0.3, -0.25) is 9.36 Å². The van der Waals surface area contributed by atoms with Gasteiger partial charge in [0, 0.05) is 6.54 Å². The first-order chi connectivity index (χ1) is 7.15. The lowest BCUT2D eigenvalue weighted by molar-refractivity contribution is 0.629. The molecule has 78 valence electrons. The van der Waals surface area contributed by atoms with Gasteiger partial charge in [0.1, 0.15) is 5.82 Å². The number of fused-ring (bicyclic) bond motifs is 1. The van der Waals surface area contributed by atoms with Gasteiger partial charge in [0.15, 0.2) is 0 Å². The van der Waals surface area contributed by atoms with Crippen molar-refractivity contribution >= 4 is 10.9 Å². The quantitative estimate of drug-likeness (QED) is 0.755. The molecule has 0 amide bonds. The number of hydrogen-bond acceptors (Lipinski definition) is 2. The summed E-state index contributed by atoms with van der Waals surface area (Å²) in [5, 5.41) is -0.0704. The van der Waals surface area contributed by atoms with Crippen molar-refractivity contribution in [2.45, 2.75) is 13.5 Å².